The van der Waals surface area contributed by atoms with Gasteiger partial charge in [0.05, 0.1) is 23.5 Å². The summed E-state index contributed by atoms with van der Waals surface area (Å²) in [5.74, 6) is 0. The number of furan rings is 1. The lowest BCUT2D eigenvalue weighted by Crippen LogP contribution is -2.26. The molecule has 1 heterocycles. The quantitative estimate of drug-likeness (QED) is 0.849. The van der Waals surface area contributed by atoms with Crippen LogP contribution < -0.4 is 4.72 Å². The Kier molecular flexibility index (Phi) is 5.29. The van der Waals surface area contributed by atoms with Gasteiger partial charge in [-0.2, -0.15) is 0 Å². The van der Waals surface area contributed by atoms with E-state index >= 15 is 0 Å². The van der Waals surface area contributed by atoms with E-state index in [2.05, 4.69) is 25.5 Å². The van der Waals surface area contributed by atoms with Crippen LogP contribution >= 0.6 is 0 Å². The number of hydrogen-bond acceptors (Lipinski definition) is 4. The van der Waals surface area contributed by atoms with Gasteiger partial charge in [0.25, 0.3) is 0 Å². The first-order chi connectivity index (χ1) is 10.7. The Morgan fingerprint density at radius 3 is 2.35 bits per heavy atom. The van der Waals surface area contributed by atoms with E-state index in [0.717, 1.165) is 5.56 Å². The Bertz CT molecular complexity index is 713. The summed E-state index contributed by atoms with van der Waals surface area (Å²) in [4.78, 5) is 0.225. The molecule has 5 nitrogen and oxygen atoms in total. The van der Waals surface area contributed by atoms with E-state index in [-0.39, 0.29) is 23.3 Å². The van der Waals surface area contributed by atoms with Crippen molar-refractivity contribution < 1.29 is 17.9 Å². The number of sulfonamides is 1. The molecular weight excluding hydrogens is 314 g/mol. The maximum atomic E-state index is 12.2. The van der Waals surface area contributed by atoms with Gasteiger partial charge in [0.2, 0.25) is 10.0 Å². The van der Waals surface area contributed by atoms with Crippen LogP contribution in [0.3, 0.4) is 0 Å². The molecule has 2 aromatic rings. The van der Waals surface area contributed by atoms with Gasteiger partial charge in [-0.1, -0.05) is 32.9 Å². The highest BCUT2D eigenvalue weighted by molar-refractivity contribution is 7.89. The van der Waals surface area contributed by atoms with Gasteiger partial charge < -0.3 is 9.52 Å². The fourth-order valence-electron chi connectivity index (χ4n) is 2.18. The van der Waals surface area contributed by atoms with Crippen molar-refractivity contribution in [3.63, 3.8) is 0 Å². The lowest BCUT2D eigenvalue weighted by molar-refractivity contribution is 0.168. The second-order valence-corrected chi connectivity index (χ2v) is 8.30. The molecule has 0 saturated heterocycles. The second kappa shape index (κ2) is 6.86. The molecule has 1 aromatic carbocycles. The topological polar surface area (TPSA) is 79.5 Å². The van der Waals surface area contributed by atoms with Gasteiger partial charge in [-0.3, -0.25) is 0 Å². The van der Waals surface area contributed by atoms with E-state index in [1.807, 2.05) is 12.1 Å². The van der Waals surface area contributed by atoms with E-state index in [9.17, 15) is 13.5 Å². The maximum Gasteiger partial charge on any atom is 0.240 e. The van der Waals surface area contributed by atoms with Crippen molar-refractivity contribution >= 4 is 10.0 Å². The third kappa shape index (κ3) is 4.67. The minimum atomic E-state index is -3.57. The molecule has 0 amide bonds. The first-order valence-electron chi connectivity index (χ1n) is 7.50. The summed E-state index contributed by atoms with van der Waals surface area (Å²) in [6.45, 7) is 6.37. The molecule has 0 spiro atoms. The Balaban J connectivity index is 1.96. The van der Waals surface area contributed by atoms with E-state index in [4.69, 9.17) is 4.42 Å². The predicted octanol–water partition coefficient (Wildman–Crippen LogP) is 2.98. The van der Waals surface area contributed by atoms with Gasteiger partial charge in [-0.05, 0) is 35.6 Å². The molecule has 1 atom stereocenters. The lowest BCUT2D eigenvalue weighted by atomic mass is 9.87. The Hall–Kier alpha value is -1.63. The average molecular weight is 337 g/mol. The molecule has 6 heteroatoms. The fourth-order valence-corrected chi connectivity index (χ4v) is 3.23. The molecule has 0 aliphatic heterocycles. The van der Waals surface area contributed by atoms with Crippen molar-refractivity contribution in [3.8, 4) is 0 Å². The highest BCUT2D eigenvalue weighted by Gasteiger charge is 2.18. The minimum Gasteiger partial charge on any atom is -0.472 e. The van der Waals surface area contributed by atoms with Crippen molar-refractivity contribution in [2.24, 2.45) is 0 Å². The minimum absolute atomic E-state index is 0.0234. The van der Waals surface area contributed by atoms with E-state index in [1.54, 1.807) is 18.2 Å². The van der Waals surface area contributed by atoms with Crippen LogP contribution in [0.1, 0.15) is 44.4 Å². The number of aliphatic hydroxyl groups is 1. The van der Waals surface area contributed by atoms with Crippen molar-refractivity contribution in [2.75, 3.05) is 6.54 Å². The van der Waals surface area contributed by atoms with Crippen molar-refractivity contribution in [1.29, 1.82) is 0 Å². The molecule has 126 valence electrons. The second-order valence-electron chi connectivity index (χ2n) is 6.53. The van der Waals surface area contributed by atoms with Gasteiger partial charge in [-0.25, -0.2) is 13.1 Å². The average Bonchev–Trinajstić information content (AvgIpc) is 3.00. The molecule has 0 fully saturated rings. The Labute approximate surface area is 137 Å². The monoisotopic (exact) mass is 337 g/mol. The van der Waals surface area contributed by atoms with Crippen LogP contribution in [-0.4, -0.2) is 20.1 Å². The summed E-state index contributed by atoms with van der Waals surface area (Å²) in [7, 11) is -3.57. The van der Waals surface area contributed by atoms with Crippen molar-refractivity contribution in [2.45, 2.75) is 43.6 Å². The van der Waals surface area contributed by atoms with Gasteiger partial charge in [-0.15, -0.1) is 0 Å². The highest BCUT2D eigenvalue weighted by atomic mass is 32.2. The molecule has 0 radical (unpaired) electrons. The maximum absolute atomic E-state index is 12.2. The summed E-state index contributed by atoms with van der Waals surface area (Å²) < 4.78 is 31.9. The van der Waals surface area contributed by atoms with Gasteiger partial charge in [0.15, 0.2) is 0 Å². The number of aliphatic hydroxyl groups excluding tert-OH is 1. The number of benzene rings is 1. The van der Waals surface area contributed by atoms with Gasteiger partial charge in [0, 0.05) is 12.1 Å². The molecule has 2 rings (SSSR count). The van der Waals surface area contributed by atoms with Crippen LogP contribution in [0.4, 0.5) is 0 Å². The third-order valence-electron chi connectivity index (χ3n) is 3.67. The third-order valence-corrected chi connectivity index (χ3v) is 5.15. The smallest absolute Gasteiger partial charge is 0.240 e. The number of rotatable bonds is 6. The molecule has 1 unspecified atom stereocenters. The van der Waals surface area contributed by atoms with Crippen LogP contribution in [0.15, 0.2) is 52.2 Å². The van der Waals surface area contributed by atoms with Crippen LogP contribution in [-0.2, 0) is 15.4 Å². The van der Waals surface area contributed by atoms with E-state index in [1.165, 1.54) is 12.5 Å². The molecule has 23 heavy (non-hydrogen) atoms. The predicted molar refractivity (Wildman–Crippen MR) is 88.6 cm³/mol. The summed E-state index contributed by atoms with van der Waals surface area (Å²) in [6.07, 6.45) is 2.45. The fraction of sp³-hybridized carbons (Fsp3) is 0.412. The van der Waals surface area contributed by atoms with Crippen LogP contribution in [0.2, 0.25) is 0 Å². The summed E-state index contributed by atoms with van der Waals surface area (Å²) in [5.41, 5.74) is 1.69. The summed E-state index contributed by atoms with van der Waals surface area (Å²) >= 11 is 0. The summed E-state index contributed by atoms with van der Waals surface area (Å²) in [5, 5.41) is 9.91. The van der Waals surface area contributed by atoms with Gasteiger partial charge in [0.1, 0.15) is 0 Å². The zero-order valence-corrected chi connectivity index (χ0v) is 14.4. The molecular formula is C17H23NO4S. The molecule has 0 bridgehead atoms. The molecule has 1 aromatic heterocycles. The molecule has 2 N–H and O–H groups in total. The van der Waals surface area contributed by atoms with E-state index in [0.29, 0.717) is 5.56 Å². The molecule has 0 aliphatic carbocycles. The van der Waals surface area contributed by atoms with Crippen LogP contribution in [0.5, 0.6) is 0 Å². The Morgan fingerprint density at radius 2 is 1.83 bits per heavy atom. The van der Waals surface area contributed by atoms with Crippen molar-refractivity contribution in [3.05, 3.63) is 54.0 Å². The standard InChI is InChI=1S/C17H23NO4S/c1-17(2,3)14-4-6-15(7-5-14)23(20,21)18-10-8-16(19)13-9-11-22-12-13/h4-7,9,11-12,16,18-19H,8,10H2,1-3H3. The Morgan fingerprint density at radius 1 is 1.17 bits per heavy atom. The highest BCUT2D eigenvalue weighted by Crippen LogP contribution is 2.23. The summed E-state index contributed by atoms with van der Waals surface area (Å²) in [6, 6.07) is 8.53. The van der Waals surface area contributed by atoms with Crippen LogP contribution in [0, 0.1) is 0 Å². The SMILES string of the molecule is CC(C)(C)c1ccc(S(=O)(=O)NCCC(O)c2ccoc2)cc1. The zero-order valence-electron chi connectivity index (χ0n) is 13.6. The lowest BCUT2D eigenvalue weighted by Gasteiger charge is -2.19. The molecule has 0 saturated carbocycles. The van der Waals surface area contributed by atoms with Crippen molar-refractivity contribution in [1.82, 2.24) is 4.72 Å². The normalized spacial score (nSPS) is 13.9. The number of hydrogen-bond donors (Lipinski definition) is 2. The van der Waals surface area contributed by atoms with E-state index < -0.39 is 16.1 Å². The number of nitrogens with one attached hydrogen (secondary N) is 1. The first-order valence-corrected chi connectivity index (χ1v) is 8.99. The van der Waals surface area contributed by atoms with Crippen LogP contribution in [0.25, 0.3) is 0 Å². The first kappa shape index (κ1) is 17.7. The van der Waals surface area contributed by atoms with Gasteiger partial charge >= 0.3 is 0 Å². The largest absolute Gasteiger partial charge is 0.472 e. The zero-order chi connectivity index (χ0) is 17.1. The molecule has 0 aliphatic rings.